The highest BCUT2D eigenvalue weighted by Gasteiger charge is 2.29. The zero-order chi connectivity index (χ0) is 17.4. The van der Waals surface area contributed by atoms with Gasteiger partial charge in [-0.15, -0.1) is 12.4 Å². The van der Waals surface area contributed by atoms with Crippen LogP contribution in [-0.4, -0.2) is 45.3 Å². The molecule has 11 heteroatoms. The van der Waals surface area contributed by atoms with Crippen LogP contribution in [0.5, 0.6) is 0 Å². The summed E-state index contributed by atoms with van der Waals surface area (Å²) in [5.41, 5.74) is 6.93. The normalized spacial score (nSPS) is 17.1. The number of nitrogens with two attached hydrogens (primary N) is 1. The van der Waals surface area contributed by atoms with Crippen molar-refractivity contribution in [3.8, 4) is 0 Å². The van der Waals surface area contributed by atoms with Gasteiger partial charge in [-0.25, -0.2) is 4.98 Å². The number of hydrogen-bond donors (Lipinski definition) is 2. The molecule has 1 aliphatic rings. The number of hydrogen-bond acceptors (Lipinski definition) is 6. The van der Waals surface area contributed by atoms with Crippen LogP contribution >= 0.6 is 44.3 Å². The van der Waals surface area contributed by atoms with Gasteiger partial charge in [-0.1, -0.05) is 0 Å². The van der Waals surface area contributed by atoms with Gasteiger partial charge in [0.1, 0.15) is 4.47 Å². The van der Waals surface area contributed by atoms with Gasteiger partial charge in [0.2, 0.25) is 5.95 Å². The van der Waals surface area contributed by atoms with Gasteiger partial charge in [-0.2, -0.15) is 0 Å². The number of aromatic nitrogens is 2. The minimum absolute atomic E-state index is 0. The van der Waals surface area contributed by atoms with Gasteiger partial charge < -0.3 is 20.3 Å². The first-order valence-corrected chi connectivity index (χ1v) is 9.16. The van der Waals surface area contributed by atoms with E-state index in [9.17, 15) is 15.2 Å². The first kappa shape index (κ1) is 20.4. The number of aliphatic hydroxyl groups is 1. The second-order valence-corrected chi connectivity index (χ2v) is 7.43. The predicted molar refractivity (Wildman–Crippen MR) is 106 cm³/mol. The summed E-state index contributed by atoms with van der Waals surface area (Å²) in [6.07, 6.45) is 1.40. The number of nitrogens with zero attached hydrogens (tertiary/aromatic N) is 4. The summed E-state index contributed by atoms with van der Waals surface area (Å²) in [5, 5.41) is 20.7. The highest BCUT2D eigenvalue weighted by Crippen LogP contribution is 2.40. The van der Waals surface area contributed by atoms with Crippen LogP contribution in [0.2, 0.25) is 0 Å². The molecule has 138 valence electrons. The van der Waals surface area contributed by atoms with E-state index < -0.39 is 4.92 Å². The third-order valence-electron chi connectivity index (χ3n) is 4.12. The van der Waals surface area contributed by atoms with E-state index in [2.05, 4.69) is 36.8 Å². The fourth-order valence-electron chi connectivity index (χ4n) is 3.00. The molecule has 0 spiro atoms. The zero-order valence-corrected chi connectivity index (χ0v) is 17.2. The molecule has 0 bridgehead atoms. The monoisotopic (exact) mass is 497 g/mol. The standard InChI is InChI=1S/C14H17Br2N5O3.ClH/c15-9-6-10-12(13(11(9)16)21(23)24)18-14(20(10)3-1-5-22)19-4-2-8(17)7-19;/h6,8,22H,1-5,7,17H2;1H/t8-;/m1./s1. The molecule has 2 aromatic rings. The van der Waals surface area contributed by atoms with E-state index in [1.54, 1.807) is 0 Å². The van der Waals surface area contributed by atoms with E-state index in [1.807, 2.05) is 15.5 Å². The van der Waals surface area contributed by atoms with E-state index in [4.69, 9.17) is 5.73 Å². The molecule has 0 amide bonds. The molecule has 3 N–H and O–H groups in total. The Labute approximate surface area is 167 Å². The summed E-state index contributed by atoms with van der Waals surface area (Å²) in [4.78, 5) is 17.7. The molecule has 1 saturated heterocycles. The smallest absolute Gasteiger partial charge is 0.312 e. The third-order valence-corrected chi connectivity index (χ3v) is 6.08. The van der Waals surface area contributed by atoms with Crippen LogP contribution in [-0.2, 0) is 6.54 Å². The summed E-state index contributed by atoms with van der Waals surface area (Å²) in [6, 6.07) is 1.89. The minimum atomic E-state index is -0.430. The average molecular weight is 500 g/mol. The molecule has 1 atom stereocenters. The Morgan fingerprint density at radius 3 is 2.76 bits per heavy atom. The average Bonchev–Trinajstić information content (AvgIpc) is 3.09. The Morgan fingerprint density at radius 2 is 2.20 bits per heavy atom. The molecule has 1 fully saturated rings. The minimum Gasteiger partial charge on any atom is -0.396 e. The fourth-order valence-corrected chi connectivity index (χ4v) is 3.85. The second kappa shape index (κ2) is 8.17. The zero-order valence-electron chi connectivity index (χ0n) is 13.2. The van der Waals surface area contributed by atoms with Crippen molar-refractivity contribution in [2.24, 2.45) is 5.73 Å². The molecule has 3 rings (SSSR count). The predicted octanol–water partition coefficient (Wildman–Crippen LogP) is 2.81. The number of nitro benzene ring substituents is 1. The largest absolute Gasteiger partial charge is 0.396 e. The molecule has 0 aliphatic carbocycles. The van der Waals surface area contributed by atoms with E-state index >= 15 is 0 Å². The van der Waals surface area contributed by atoms with Crippen LogP contribution < -0.4 is 10.6 Å². The van der Waals surface area contributed by atoms with Gasteiger partial charge in [0.25, 0.3) is 0 Å². The number of rotatable bonds is 5. The summed E-state index contributed by atoms with van der Waals surface area (Å²) >= 11 is 6.63. The van der Waals surface area contributed by atoms with Crippen LogP contribution in [0, 0.1) is 10.1 Å². The number of fused-ring (bicyclic) bond motifs is 1. The second-order valence-electron chi connectivity index (χ2n) is 5.78. The number of nitro groups is 1. The molecule has 1 aliphatic heterocycles. The van der Waals surface area contributed by atoms with Crippen molar-refractivity contribution in [1.82, 2.24) is 9.55 Å². The van der Waals surface area contributed by atoms with Gasteiger partial charge in [0.05, 0.1) is 10.4 Å². The highest BCUT2D eigenvalue weighted by molar-refractivity contribution is 9.13. The van der Waals surface area contributed by atoms with Crippen LogP contribution in [0.25, 0.3) is 11.0 Å². The number of imidazole rings is 1. The van der Waals surface area contributed by atoms with Crippen molar-refractivity contribution in [3.05, 3.63) is 25.1 Å². The van der Waals surface area contributed by atoms with Gasteiger partial charge in [0, 0.05) is 36.8 Å². The molecular formula is C14H18Br2ClN5O3. The van der Waals surface area contributed by atoms with Gasteiger partial charge in [-0.05, 0) is 50.8 Å². The first-order valence-electron chi connectivity index (χ1n) is 7.58. The third kappa shape index (κ3) is 3.77. The number of anilines is 1. The van der Waals surface area contributed by atoms with Crippen LogP contribution in [0.4, 0.5) is 11.6 Å². The van der Waals surface area contributed by atoms with Crippen LogP contribution in [0.1, 0.15) is 12.8 Å². The molecule has 1 aromatic carbocycles. The Kier molecular flexibility index (Phi) is 6.66. The van der Waals surface area contributed by atoms with E-state index in [-0.39, 0.29) is 30.7 Å². The van der Waals surface area contributed by atoms with Crippen molar-refractivity contribution in [2.45, 2.75) is 25.4 Å². The van der Waals surface area contributed by atoms with Crippen molar-refractivity contribution in [3.63, 3.8) is 0 Å². The molecule has 0 saturated carbocycles. The van der Waals surface area contributed by atoms with Crippen LogP contribution in [0.3, 0.4) is 0 Å². The Morgan fingerprint density at radius 1 is 1.48 bits per heavy atom. The lowest BCUT2D eigenvalue weighted by atomic mass is 10.2. The Hall–Kier alpha value is -0.940. The molecule has 1 aromatic heterocycles. The van der Waals surface area contributed by atoms with Crippen molar-refractivity contribution in [1.29, 1.82) is 0 Å². The molecule has 8 nitrogen and oxygen atoms in total. The molecule has 0 unspecified atom stereocenters. The maximum atomic E-state index is 11.5. The number of aryl methyl sites for hydroxylation is 1. The number of aliphatic hydroxyl groups excluding tert-OH is 1. The summed E-state index contributed by atoms with van der Waals surface area (Å²) in [7, 11) is 0. The molecular weight excluding hydrogens is 481 g/mol. The number of halogens is 3. The van der Waals surface area contributed by atoms with Gasteiger partial charge in [-0.3, -0.25) is 10.1 Å². The van der Waals surface area contributed by atoms with Crippen LogP contribution in [0.15, 0.2) is 15.0 Å². The van der Waals surface area contributed by atoms with E-state index in [0.717, 1.165) is 13.0 Å². The highest BCUT2D eigenvalue weighted by atomic mass is 79.9. The lowest BCUT2D eigenvalue weighted by Crippen LogP contribution is -2.28. The summed E-state index contributed by atoms with van der Waals surface area (Å²) in [5.74, 6) is 0.666. The molecule has 2 heterocycles. The maximum Gasteiger partial charge on any atom is 0.312 e. The van der Waals surface area contributed by atoms with E-state index in [1.165, 1.54) is 0 Å². The fraction of sp³-hybridized carbons (Fsp3) is 0.500. The van der Waals surface area contributed by atoms with Crippen molar-refractivity contribution >= 4 is 66.9 Å². The SMILES string of the molecule is Cl.N[C@@H]1CCN(c2nc3c([N+](=O)[O-])c(Br)c(Br)cc3n2CCCO)C1. The lowest BCUT2D eigenvalue weighted by molar-refractivity contribution is -0.384. The summed E-state index contributed by atoms with van der Waals surface area (Å²) in [6.45, 7) is 2.00. The van der Waals surface area contributed by atoms with Gasteiger partial charge in [0.15, 0.2) is 5.52 Å². The van der Waals surface area contributed by atoms with Gasteiger partial charge >= 0.3 is 5.69 Å². The number of benzene rings is 1. The lowest BCUT2D eigenvalue weighted by Gasteiger charge is -2.18. The first-order chi connectivity index (χ1) is 11.4. The van der Waals surface area contributed by atoms with Crippen molar-refractivity contribution < 1.29 is 10.0 Å². The Bertz CT molecular complexity index is 801. The van der Waals surface area contributed by atoms with Crippen molar-refractivity contribution in [2.75, 3.05) is 24.6 Å². The summed E-state index contributed by atoms with van der Waals surface area (Å²) < 4.78 is 2.89. The molecule has 25 heavy (non-hydrogen) atoms. The Balaban J connectivity index is 0.00000225. The quantitative estimate of drug-likeness (QED) is 0.484. The molecule has 0 radical (unpaired) electrons. The maximum absolute atomic E-state index is 11.5. The van der Waals surface area contributed by atoms with E-state index in [0.29, 0.717) is 45.4 Å². The topological polar surface area (TPSA) is 110 Å².